The minimum atomic E-state index is -0.866. The van der Waals surface area contributed by atoms with E-state index in [4.69, 9.17) is 5.11 Å². The number of carbonyl (C=O) groups excluding carboxylic acids is 1. The Morgan fingerprint density at radius 1 is 1.44 bits per heavy atom. The highest BCUT2D eigenvalue weighted by Gasteiger charge is 2.25. The second-order valence-electron chi connectivity index (χ2n) is 4.01. The largest absolute Gasteiger partial charge is 0.481 e. The molecule has 6 heteroatoms. The number of carboxylic acids is 1. The summed E-state index contributed by atoms with van der Waals surface area (Å²) < 4.78 is 0.584. The zero-order valence-corrected chi connectivity index (χ0v) is 10.9. The van der Waals surface area contributed by atoms with Gasteiger partial charge >= 0.3 is 5.97 Å². The third-order valence-corrected chi connectivity index (χ3v) is 3.14. The highest BCUT2D eigenvalue weighted by atomic mass is 79.9. The van der Waals surface area contributed by atoms with Crippen molar-refractivity contribution in [2.75, 3.05) is 0 Å². The fourth-order valence-electron chi connectivity index (χ4n) is 1.78. The maximum Gasteiger partial charge on any atom is 0.310 e. The van der Waals surface area contributed by atoms with Crippen LogP contribution in [0.1, 0.15) is 16.8 Å². The van der Waals surface area contributed by atoms with Gasteiger partial charge in [0.1, 0.15) is 4.60 Å². The number of nitrogens with zero attached hydrogens (tertiary/aromatic N) is 1. The molecule has 1 amide bonds. The van der Waals surface area contributed by atoms with Crippen molar-refractivity contribution in [2.24, 2.45) is 5.92 Å². The molecule has 18 heavy (non-hydrogen) atoms. The molecule has 1 aromatic rings. The number of carboxylic acid groups (broad SMARTS) is 1. The van der Waals surface area contributed by atoms with E-state index in [0.717, 1.165) is 0 Å². The summed E-state index contributed by atoms with van der Waals surface area (Å²) in [5, 5.41) is 11.6. The molecule has 0 saturated carbocycles. The first kappa shape index (κ1) is 12.8. The molecule has 0 spiro atoms. The number of hydrogen-bond donors (Lipinski definition) is 2. The number of amides is 1. The first-order valence-electron chi connectivity index (χ1n) is 5.40. The first-order chi connectivity index (χ1) is 8.56. The van der Waals surface area contributed by atoms with Gasteiger partial charge < -0.3 is 10.4 Å². The standard InChI is InChI=1S/C12H11BrN2O3/c13-10-6-7(3-4-14-10)11(16)15-9-2-1-8(5-9)12(17)18/h1-4,6,8-9H,5H2,(H,15,16)(H,17,18). The maximum absolute atomic E-state index is 11.9. The molecule has 1 aliphatic rings. The summed E-state index contributed by atoms with van der Waals surface area (Å²) in [7, 11) is 0. The summed E-state index contributed by atoms with van der Waals surface area (Å²) >= 11 is 3.19. The van der Waals surface area contributed by atoms with E-state index < -0.39 is 11.9 Å². The summed E-state index contributed by atoms with van der Waals surface area (Å²) in [5.74, 6) is -1.62. The van der Waals surface area contributed by atoms with Gasteiger partial charge in [0.05, 0.1) is 5.92 Å². The lowest BCUT2D eigenvalue weighted by molar-refractivity contribution is -0.140. The van der Waals surface area contributed by atoms with E-state index in [2.05, 4.69) is 26.2 Å². The van der Waals surface area contributed by atoms with Crippen molar-refractivity contribution in [3.8, 4) is 0 Å². The van der Waals surface area contributed by atoms with Crippen LogP contribution in [-0.4, -0.2) is 28.0 Å². The molecule has 1 heterocycles. The van der Waals surface area contributed by atoms with Crippen LogP contribution in [0.15, 0.2) is 35.1 Å². The van der Waals surface area contributed by atoms with E-state index in [0.29, 0.717) is 16.6 Å². The first-order valence-corrected chi connectivity index (χ1v) is 6.19. The second kappa shape index (κ2) is 5.30. The minimum Gasteiger partial charge on any atom is -0.481 e. The zero-order chi connectivity index (χ0) is 13.1. The average molecular weight is 311 g/mol. The number of pyridine rings is 1. The van der Waals surface area contributed by atoms with Gasteiger partial charge in [0.2, 0.25) is 0 Å². The highest BCUT2D eigenvalue weighted by molar-refractivity contribution is 9.10. The Kier molecular flexibility index (Phi) is 3.76. The third-order valence-electron chi connectivity index (χ3n) is 2.71. The topological polar surface area (TPSA) is 79.3 Å². The molecule has 0 radical (unpaired) electrons. The van der Waals surface area contributed by atoms with Crippen LogP contribution in [0.2, 0.25) is 0 Å². The van der Waals surface area contributed by atoms with Crippen LogP contribution < -0.4 is 5.32 Å². The fourth-order valence-corrected chi connectivity index (χ4v) is 2.15. The van der Waals surface area contributed by atoms with Crippen molar-refractivity contribution < 1.29 is 14.7 Å². The molecule has 0 bridgehead atoms. The normalized spacial score (nSPS) is 21.8. The lowest BCUT2D eigenvalue weighted by Crippen LogP contribution is -2.33. The molecule has 0 fully saturated rings. The van der Waals surface area contributed by atoms with Gasteiger partial charge in [-0.2, -0.15) is 0 Å². The van der Waals surface area contributed by atoms with Crippen LogP contribution in [-0.2, 0) is 4.79 Å². The molecule has 0 aliphatic heterocycles. The van der Waals surface area contributed by atoms with Gasteiger partial charge in [0.25, 0.3) is 5.91 Å². The molecule has 0 aromatic carbocycles. The Labute approximate surface area is 112 Å². The van der Waals surface area contributed by atoms with E-state index in [1.54, 1.807) is 24.3 Å². The lowest BCUT2D eigenvalue weighted by atomic mass is 10.1. The molecule has 2 atom stereocenters. The Bertz CT molecular complexity index is 516. The number of aliphatic carboxylic acids is 1. The minimum absolute atomic E-state index is 0.231. The summed E-state index contributed by atoms with van der Waals surface area (Å²) in [4.78, 5) is 26.6. The molecule has 2 unspecified atom stereocenters. The molecule has 0 saturated heterocycles. The number of nitrogens with one attached hydrogen (secondary N) is 1. The molecule has 1 aromatic heterocycles. The van der Waals surface area contributed by atoms with Gasteiger partial charge in [0, 0.05) is 17.8 Å². The van der Waals surface area contributed by atoms with Crippen LogP contribution in [0.25, 0.3) is 0 Å². The number of aromatic nitrogens is 1. The second-order valence-corrected chi connectivity index (χ2v) is 4.83. The molecular weight excluding hydrogens is 300 g/mol. The number of halogens is 1. The SMILES string of the molecule is O=C(NC1C=CC(C(=O)O)C1)c1ccnc(Br)c1. The molecule has 1 aliphatic carbocycles. The van der Waals surface area contributed by atoms with Crippen LogP contribution >= 0.6 is 15.9 Å². The Morgan fingerprint density at radius 3 is 2.83 bits per heavy atom. The smallest absolute Gasteiger partial charge is 0.310 e. The molecule has 2 rings (SSSR count). The van der Waals surface area contributed by atoms with Gasteiger partial charge in [0.15, 0.2) is 0 Å². The number of hydrogen-bond acceptors (Lipinski definition) is 3. The van der Waals surface area contributed by atoms with Crippen molar-refractivity contribution in [3.63, 3.8) is 0 Å². The monoisotopic (exact) mass is 310 g/mol. The molecule has 94 valence electrons. The summed E-state index contributed by atoms with van der Waals surface area (Å²) in [6.07, 6.45) is 5.25. The van der Waals surface area contributed by atoms with Gasteiger partial charge in [-0.25, -0.2) is 4.98 Å². The van der Waals surface area contributed by atoms with E-state index in [1.165, 1.54) is 6.20 Å². The highest BCUT2D eigenvalue weighted by Crippen LogP contribution is 2.18. The van der Waals surface area contributed by atoms with Crippen molar-refractivity contribution in [2.45, 2.75) is 12.5 Å². The predicted molar refractivity (Wildman–Crippen MR) is 68.1 cm³/mol. The van der Waals surface area contributed by atoms with E-state index in [-0.39, 0.29) is 11.9 Å². The van der Waals surface area contributed by atoms with E-state index >= 15 is 0 Å². The zero-order valence-electron chi connectivity index (χ0n) is 9.34. The number of carbonyl (C=O) groups is 2. The maximum atomic E-state index is 11.9. The van der Waals surface area contributed by atoms with Crippen LogP contribution in [0.5, 0.6) is 0 Å². The summed E-state index contributed by atoms with van der Waals surface area (Å²) in [6, 6.07) is 2.99. The van der Waals surface area contributed by atoms with Gasteiger partial charge in [-0.3, -0.25) is 9.59 Å². The van der Waals surface area contributed by atoms with E-state index in [1.807, 2.05) is 0 Å². The van der Waals surface area contributed by atoms with Crippen molar-refractivity contribution >= 4 is 27.8 Å². The van der Waals surface area contributed by atoms with Crippen LogP contribution in [0.4, 0.5) is 0 Å². The predicted octanol–water partition coefficient (Wildman–Crippen LogP) is 1.60. The van der Waals surface area contributed by atoms with Crippen molar-refractivity contribution in [1.82, 2.24) is 10.3 Å². The molecule has 2 N–H and O–H groups in total. The fraction of sp³-hybridized carbons (Fsp3) is 0.250. The van der Waals surface area contributed by atoms with Gasteiger partial charge in [-0.1, -0.05) is 12.2 Å². The van der Waals surface area contributed by atoms with Gasteiger partial charge in [-0.05, 0) is 34.5 Å². The number of rotatable bonds is 3. The quantitative estimate of drug-likeness (QED) is 0.656. The Morgan fingerprint density at radius 2 is 2.22 bits per heavy atom. The van der Waals surface area contributed by atoms with Gasteiger partial charge in [-0.15, -0.1) is 0 Å². The average Bonchev–Trinajstić information content (AvgIpc) is 2.77. The van der Waals surface area contributed by atoms with Crippen molar-refractivity contribution in [3.05, 3.63) is 40.6 Å². The Balaban J connectivity index is 1.97. The van der Waals surface area contributed by atoms with Crippen LogP contribution in [0, 0.1) is 5.92 Å². The molecular formula is C12H11BrN2O3. The van der Waals surface area contributed by atoms with E-state index in [9.17, 15) is 9.59 Å². The van der Waals surface area contributed by atoms with Crippen molar-refractivity contribution in [1.29, 1.82) is 0 Å². The summed E-state index contributed by atoms with van der Waals surface area (Å²) in [5.41, 5.74) is 0.490. The summed E-state index contributed by atoms with van der Waals surface area (Å²) in [6.45, 7) is 0. The Hall–Kier alpha value is -1.69. The van der Waals surface area contributed by atoms with Crippen LogP contribution in [0.3, 0.4) is 0 Å². The third kappa shape index (κ3) is 2.95. The lowest BCUT2D eigenvalue weighted by Gasteiger charge is -2.12. The molecule has 5 nitrogen and oxygen atoms in total.